The van der Waals surface area contributed by atoms with E-state index in [9.17, 15) is 45.1 Å². The van der Waals surface area contributed by atoms with Crippen molar-refractivity contribution in [2.75, 3.05) is 18.8 Å². The summed E-state index contributed by atoms with van der Waals surface area (Å²) in [5.74, 6) is -3.58. The van der Waals surface area contributed by atoms with Crippen LogP contribution in [0.25, 0.3) is 0 Å². The first-order valence-electron chi connectivity index (χ1n) is 17.1. The maximum absolute atomic E-state index is 14.1. The SMILES string of the molecule is CCCC(CCC)S(=O)(=O)CC(NC(=O)OCc1ccccc1)C(=O)N[C@@H](Cc1cc(F)cc(F)c1)[C@H](O)CNCCc1cccc(C(F)(F)F)c1. The highest BCUT2D eigenvalue weighted by Crippen LogP contribution is 2.29. The van der Waals surface area contributed by atoms with Crippen LogP contribution in [0.15, 0.2) is 72.8 Å². The van der Waals surface area contributed by atoms with E-state index in [2.05, 4.69) is 16.0 Å². The molecule has 15 heteroatoms. The summed E-state index contributed by atoms with van der Waals surface area (Å²) < 4.78 is 100.0. The number of hydrogen-bond donors (Lipinski definition) is 4. The van der Waals surface area contributed by atoms with Crippen LogP contribution in [0.4, 0.5) is 26.7 Å². The molecule has 0 aliphatic carbocycles. The molecule has 286 valence electrons. The Balaban J connectivity index is 1.81. The third kappa shape index (κ3) is 14.2. The van der Waals surface area contributed by atoms with Gasteiger partial charge in [0.05, 0.1) is 28.7 Å². The summed E-state index contributed by atoms with van der Waals surface area (Å²) in [5, 5.41) is 18.2. The van der Waals surface area contributed by atoms with Gasteiger partial charge in [-0.15, -0.1) is 0 Å². The summed E-state index contributed by atoms with van der Waals surface area (Å²) in [6.45, 7) is 3.40. The second-order valence-corrected chi connectivity index (χ2v) is 14.9. The van der Waals surface area contributed by atoms with Crippen molar-refractivity contribution in [3.8, 4) is 0 Å². The molecule has 0 aromatic heterocycles. The zero-order valence-corrected chi connectivity index (χ0v) is 29.9. The van der Waals surface area contributed by atoms with E-state index in [-0.39, 0.29) is 38.1 Å². The van der Waals surface area contributed by atoms with Crippen molar-refractivity contribution in [1.29, 1.82) is 0 Å². The van der Waals surface area contributed by atoms with Gasteiger partial charge in [-0.2, -0.15) is 13.2 Å². The molecule has 0 aliphatic rings. The minimum absolute atomic E-state index is 0.0659. The highest BCUT2D eigenvalue weighted by molar-refractivity contribution is 7.92. The second-order valence-electron chi connectivity index (χ2n) is 12.6. The van der Waals surface area contributed by atoms with Crippen LogP contribution in [0.1, 0.15) is 61.8 Å². The highest BCUT2D eigenvalue weighted by atomic mass is 32.2. The Morgan fingerprint density at radius 1 is 0.846 bits per heavy atom. The second kappa shape index (κ2) is 20.2. The van der Waals surface area contributed by atoms with Gasteiger partial charge in [0.1, 0.15) is 24.3 Å². The zero-order valence-electron chi connectivity index (χ0n) is 29.1. The van der Waals surface area contributed by atoms with E-state index in [0.717, 1.165) is 24.3 Å². The predicted octanol–water partition coefficient (Wildman–Crippen LogP) is 5.88. The number of alkyl halides is 3. The average Bonchev–Trinajstić information content (AvgIpc) is 3.08. The molecule has 4 N–H and O–H groups in total. The molecule has 3 aromatic rings. The van der Waals surface area contributed by atoms with Crippen molar-refractivity contribution >= 4 is 21.8 Å². The quantitative estimate of drug-likeness (QED) is 0.0837. The molecular weight excluding hydrogens is 709 g/mol. The van der Waals surface area contributed by atoms with E-state index in [1.165, 1.54) is 12.1 Å². The van der Waals surface area contributed by atoms with Crippen LogP contribution in [0.5, 0.6) is 0 Å². The Morgan fingerprint density at radius 2 is 1.48 bits per heavy atom. The molecule has 0 radical (unpaired) electrons. The molecule has 0 spiro atoms. The summed E-state index contributed by atoms with van der Waals surface area (Å²) in [6.07, 6.45) is -5.37. The number of benzene rings is 3. The summed E-state index contributed by atoms with van der Waals surface area (Å²) in [6, 6.07) is 13.2. The molecule has 2 amide bonds. The molecule has 3 rings (SSSR count). The fraction of sp³-hybridized carbons (Fsp3) is 0.459. The monoisotopic (exact) mass is 755 g/mol. The van der Waals surface area contributed by atoms with Crippen molar-refractivity contribution in [3.63, 3.8) is 0 Å². The first-order valence-corrected chi connectivity index (χ1v) is 18.8. The summed E-state index contributed by atoms with van der Waals surface area (Å²) in [4.78, 5) is 26.7. The molecule has 52 heavy (non-hydrogen) atoms. The molecule has 0 heterocycles. The summed E-state index contributed by atoms with van der Waals surface area (Å²) >= 11 is 0. The van der Waals surface area contributed by atoms with Crippen LogP contribution < -0.4 is 16.0 Å². The maximum atomic E-state index is 14.1. The Hall–Kier alpha value is -4.08. The van der Waals surface area contributed by atoms with Crippen LogP contribution in [0, 0.1) is 11.6 Å². The first kappa shape index (κ1) is 42.3. The van der Waals surface area contributed by atoms with Gasteiger partial charge in [0.25, 0.3) is 0 Å². The number of ether oxygens (including phenoxy) is 1. The zero-order chi connectivity index (χ0) is 38.3. The Kier molecular flexibility index (Phi) is 16.5. The van der Waals surface area contributed by atoms with Crippen molar-refractivity contribution in [1.82, 2.24) is 16.0 Å². The van der Waals surface area contributed by atoms with Gasteiger partial charge in [0.2, 0.25) is 5.91 Å². The lowest BCUT2D eigenvalue weighted by atomic mass is 10.00. The van der Waals surface area contributed by atoms with Crippen molar-refractivity contribution in [3.05, 3.63) is 107 Å². The van der Waals surface area contributed by atoms with Gasteiger partial charge in [0.15, 0.2) is 9.84 Å². The van der Waals surface area contributed by atoms with Gasteiger partial charge >= 0.3 is 12.3 Å². The molecular formula is C37H46F5N3O6S. The molecule has 0 fully saturated rings. The highest BCUT2D eigenvalue weighted by Gasteiger charge is 2.35. The molecule has 0 saturated carbocycles. The fourth-order valence-electron chi connectivity index (χ4n) is 5.68. The van der Waals surface area contributed by atoms with Crippen molar-refractivity contribution < 1.29 is 49.8 Å². The predicted molar refractivity (Wildman–Crippen MR) is 187 cm³/mol. The molecule has 0 saturated heterocycles. The van der Waals surface area contributed by atoms with Gasteiger partial charge < -0.3 is 25.8 Å². The molecule has 1 unspecified atom stereocenters. The third-order valence-electron chi connectivity index (χ3n) is 8.32. The number of rotatable bonds is 20. The minimum atomic E-state index is -4.51. The van der Waals surface area contributed by atoms with E-state index >= 15 is 0 Å². The lowest BCUT2D eigenvalue weighted by molar-refractivity contribution is -0.137. The number of carbonyl (C=O) groups excluding carboxylic acids is 2. The Labute approximate surface area is 301 Å². The van der Waals surface area contributed by atoms with Gasteiger partial charge in [-0.3, -0.25) is 4.79 Å². The molecule has 0 aliphatic heterocycles. The van der Waals surface area contributed by atoms with E-state index in [4.69, 9.17) is 4.74 Å². The maximum Gasteiger partial charge on any atom is 0.416 e. The standard InChI is InChI=1S/C37H46F5N3O6S/c1-3-9-31(10-4-2)52(49,50)24-33(45-36(48)51-23-26-11-6-5-7-12-26)35(47)44-32(20-27-18-29(38)21-30(39)19-27)34(46)22-43-16-15-25-13-8-14-28(17-25)37(40,41)42/h5-8,11-14,17-19,21,31-34,43,46H,3-4,9-10,15-16,20,22-24H2,1-2H3,(H,44,47)(H,45,48)/t32-,33?,34+/m0/s1. The average molecular weight is 756 g/mol. The summed E-state index contributed by atoms with van der Waals surface area (Å²) in [7, 11) is -3.96. The van der Waals surface area contributed by atoms with Crippen LogP contribution in [-0.2, 0) is 45.0 Å². The fourth-order valence-corrected chi connectivity index (χ4v) is 7.84. The number of sulfone groups is 1. The van der Waals surface area contributed by atoms with Crippen LogP contribution in [0.3, 0.4) is 0 Å². The number of halogens is 5. The number of alkyl carbamates (subject to hydrolysis) is 1. The number of carbonyl (C=O) groups is 2. The van der Waals surface area contributed by atoms with Crippen molar-refractivity contribution in [2.24, 2.45) is 0 Å². The molecule has 3 aromatic carbocycles. The van der Waals surface area contributed by atoms with Gasteiger partial charge in [-0.05, 0) is 67.1 Å². The van der Waals surface area contributed by atoms with Gasteiger partial charge in [-0.25, -0.2) is 22.0 Å². The topological polar surface area (TPSA) is 134 Å². The summed E-state index contributed by atoms with van der Waals surface area (Å²) in [5.41, 5.74) is 0.287. The largest absolute Gasteiger partial charge is 0.445 e. The van der Waals surface area contributed by atoms with Crippen molar-refractivity contribution in [2.45, 2.75) is 88.6 Å². The molecule has 0 bridgehead atoms. The molecule has 9 nitrogen and oxygen atoms in total. The number of aliphatic hydroxyl groups is 1. The minimum Gasteiger partial charge on any atom is -0.445 e. The van der Waals surface area contributed by atoms with E-state index in [1.54, 1.807) is 30.3 Å². The number of nitrogens with one attached hydrogen (secondary N) is 3. The van der Waals surface area contributed by atoms with E-state index in [1.807, 2.05) is 13.8 Å². The van der Waals surface area contributed by atoms with Gasteiger partial charge in [-0.1, -0.05) is 75.2 Å². The lowest BCUT2D eigenvalue weighted by Crippen LogP contribution is -2.57. The Bertz CT molecular complexity index is 1670. The number of hydrogen-bond acceptors (Lipinski definition) is 7. The van der Waals surface area contributed by atoms with Gasteiger partial charge in [0, 0.05) is 12.6 Å². The van der Waals surface area contributed by atoms with Crippen LogP contribution in [-0.4, -0.2) is 67.8 Å². The smallest absolute Gasteiger partial charge is 0.416 e. The van der Waals surface area contributed by atoms with Crippen LogP contribution in [0.2, 0.25) is 0 Å². The third-order valence-corrected chi connectivity index (χ3v) is 10.6. The number of amides is 2. The van der Waals surface area contributed by atoms with E-state index < -0.39 is 74.4 Å². The lowest BCUT2D eigenvalue weighted by Gasteiger charge is -2.28. The first-order chi connectivity index (χ1) is 24.6. The van der Waals surface area contributed by atoms with Crippen LogP contribution >= 0.6 is 0 Å². The molecule has 3 atom stereocenters. The number of aliphatic hydroxyl groups excluding tert-OH is 1. The van der Waals surface area contributed by atoms with E-state index in [0.29, 0.717) is 42.9 Å². The normalized spacial score (nSPS) is 13.7. The Morgan fingerprint density at radius 3 is 2.10 bits per heavy atom.